The predicted molar refractivity (Wildman–Crippen MR) is 113 cm³/mol. The smallest absolute Gasteiger partial charge is 0.286 e. The number of likely N-dealkylation sites (tertiary alicyclic amines) is 1. The normalized spacial score (nSPS) is 17.7. The molecule has 2 aromatic rings. The number of thioether (sulfide) groups is 1. The molecule has 0 spiro atoms. The molecule has 0 radical (unpaired) electrons. The molecule has 7 nitrogen and oxygen atoms in total. The molecule has 1 amide bonds. The number of aliphatic imine (C=N–C) groups is 1. The third-order valence-corrected chi connectivity index (χ3v) is 5.78. The molecule has 2 aliphatic heterocycles. The fourth-order valence-corrected chi connectivity index (χ4v) is 4.14. The van der Waals surface area contributed by atoms with Gasteiger partial charge in [0.15, 0.2) is 5.17 Å². The van der Waals surface area contributed by atoms with Crippen molar-refractivity contribution in [1.82, 2.24) is 4.90 Å². The highest BCUT2D eigenvalue weighted by Crippen LogP contribution is 2.33. The number of non-ortho nitro benzene ring substituents is 1. The van der Waals surface area contributed by atoms with Crippen LogP contribution in [0.15, 0.2) is 58.4 Å². The number of hydrogen-bond acceptors (Lipinski definition) is 6. The Kier molecular flexibility index (Phi) is 5.62. The van der Waals surface area contributed by atoms with Crippen molar-refractivity contribution >= 4 is 34.6 Å². The number of amides is 1. The summed E-state index contributed by atoms with van der Waals surface area (Å²) in [4.78, 5) is 29.6. The van der Waals surface area contributed by atoms with E-state index in [0.29, 0.717) is 10.7 Å². The van der Waals surface area contributed by atoms with E-state index in [2.05, 4.69) is 9.89 Å². The molecule has 8 heteroatoms. The molecular formula is C21H19N3O4S. The second kappa shape index (κ2) is 8.48. The minimum atomic E-state index is -0.430. The van der Waals surface area contributed by atoms with Gasteiger partial charge in [-0.25, -0.2) is 0 Å². The Labute approximate surface area is 172 Å². The van der Waals surface area contributed by atoms with E-state index in [1.54, 1.807) is 12.1 Å². The number of amidine groups is 1. The summed E-state index contributed by atoms with van der Waals surface area (Å²) in [5.74, 6) is 0.420. The minimum Gasteiger partial charge on any atom is -0.488 e. The average molecular weight is 409 g/mol. The Balaban J connectivity index is 1.46. The zero-order chi connectivity index (χ0) is 20.2. The second-order valence-corrected chi connectivity index (χ2v) is 7.76. The summed E-state index contributed by atoms with van der Waals surface area (Å²) in [6, 6.07) is 13.7. The van der Waals surface area contributed by atoms with Crippen LogP contribution >= 0.6 is 11.8 Å². The van der Waals surface area contributed by atoms with Crippen molar-refractivity contribution in [2.24, 2.45) is 4.99 Å². The highest BCUT2D eigenvalue weighted by molar-refractivity contribution is 8.18. The highest BCUT2D eigenvalue weighted by atomic mass is 32.2. The van der Waals surface area contributed by atoms with E-state index in [4.69, 9.17) is 4.74 Å². The average Bonchev–Trinajstić information content (AvgIpc) is 3.38. The second-order valence-electron chi connectivity index (χ2n) is 6.75. The maximum atomic E-state index is 12.3. The Morgan fingerprint density at radius 3 is 2.59 bits per heavy atom. The van der Waals surface area contributed by atoms with Crippen LogP contribution in [0.2, 0.25) is 0 Å². The number of nitrogens with zero attached hydrogens (tertiary/aromatic N) is 3. The lowest BCUT2D eigenvalue weighted by Crippen LogP contribution is -2.23. The van der Waals surface area contributed by atoms with Gasteiger partial charge >= 0.3 is 0 Å². The molecule has 2 aliphatic rings. The van der Waals surface area contributed by atoms with Crippen LogP contribution in [0.5, 0.6) is 5.75 Å². The lowest BCUT2D eigenvalue weighted by atomic mass is 10.1. The molecule has 0 bridgehead atoms. The Hall–Kier alpha value is -3.13. The maximum Gasteiger partial charge on any atom is 0.286 e. The number of hydrogen-bond donors (Lipinski definition) is 0. The largest absolute Gasteiger partial charge is 0.488 e. The standard InChI is InChI=1S/C21H19N3O4S/c25-20-19(29-21(22-20)23-11-3-4-12-23)13-16-5-1-2-6-18(16)28-14-15-7-9-17(10-8-15)24(26)27/h1-2,5-10,13H,3-4,11-12,14H2. The van der Waals surface area contributed by atoms with Crippen LogP contribution in [-0.2, 0) is 11.4 Å². The van der Waals surface area contributed by atoms with Crippen LogP contribution < -0.4 is 4.74 Å². The number of rotatable bonds is 5. The molecule has 2 heterocycles. The van der Waals surface area contributed by atoms with E-state index in [9.17, 15) is 14.9 Å². The van der Waals surface area contributed by atoms with E-state index >= 15 is 0 Å². The number of benzene rings is 2. The predicted octanol–water partition coefficient (Wildman–Crippen LogP) is 4.24. The summed E-state index contributed by atoms with van der Waals surface area (Å²) in [7, 11) is 0. The quantitative estimate of drug-likeness (QED) is 0.417. The molecule has 0 aliphatic carbocycles. The van der Waals surface area contributed by atoms with Gasteiger partial charge in [0.25, 0.3) is 11.6 Å². The van der Waals surface area contributed by atoms with Gasteiger partial charge in [-0.1, -0.05) is 18.2 Å². The van der Waals surface area contributed by atoms with Gasteiger partial charge in [0, 0.05) is 30.8 Å². The molecule has 1 fully saturated rings. The number of nitro benzene ring substituents is 1. The highest BCUT2D eigenvalue weighted by Gasteiger charge is 2.27. The fraction of sp³-hybridized carbons (Fsp3) is 0.238. The van der Waals surface area contributed by atoms with Gasteiger partial charge in [0.1, 0.15) is 12.4 Å². The van der Waals surface area contributed by atoms with E-state index in [-0.39, 0.29) is 18.2 Å². The summed E-state index contributed by atoms with van der Waals surface area (Å²) in [5.41, 5.74) is 1.66. The molecule has 148 valence electrons. The fourth-order valence-electron chi connectivity index (χ4n) is 3.19. The Morgan fingerprint density at radius 1 is 1.14 bits per heavy atom. The molecule has 2 aromatic carbocycles. The van der Waals surface area contributed by atoms with Gasteiger partial charge < -0.3 is 9.64 Å². The third kappa shape index (κ3) is 4.48. The van der Waals surface area contributed by atoms with E-state index < -0.39 is 4.92 Å². The molecule has 0 aromatic heterocycles. The molecular weight excluding hydrogens is 390 g/mol. The molecule has 0 unspecified atom stereocenters. The topological polar surface area (TPSA) is 85.0 Å². The molecule has 1 saturated heterocycles. The van der Waals surface area contributed by atoms with Gasteiger partial charge in [0.05, 0.1) is 9.83 Å². The zero-order valence-corrected chi connectivity index (χ0v) is 16.4. The molecule has 4 rings (SSSR count). The summed E-state index contributed by atoms with van der Waals surface area (Å²) in [6.45, 7) is 2.16. The number of para-hydroxylation sites is 1. The lowest BCUT2D eigenvalue weighted by molar-refractivity contribution is -0.384. The van der Waals surface area contributed by atoms with Gasteiger partial charge in [-0.05, 0) is 54.4 Å². The van der Waals surface area contributed by atoms with Crippen LogP contribution in [0, 0.1) is 10.1 Å². The number of carbonyl (C=O) groups excluding carboxylic acids is 1. The molecule has 29 heavy (non-hydrogen) atoms. The van der Waals surface area contributed by atoms with Crippen molar-refractivity contribution in [2.75, 3.05) is 13.1 Å². The van der Waals surface area contributed by atoms with Crippen molar-refractivity contribution in [3.05, 3.63) is 74.7 Å². The van der Waals surface area contributed by atoms with Crippen LogP contribution in [-0.4, -0.2) is 34.0 Å². The number of carbonyl (C=O) groups is 1. The van der Waals surface area contributed by atoms with Crippen molar-refractivity contribution < 1.29 is 14.5 Å². The molecule has 0 atom stereocenters. The van der Waals surface area contributed by atoms with Gasteiger partial charge in [-0.15, -0.1) is 0 Å². The van der Waals surface area contributed by atoms with Crippen LogP contribution in [0.3, 0.4) is 0 Å². The van der Waals surface area contributed by atoms with E-state index in [1.165, 1.54) is 23.9 Å². The van der Waals surface area contributed by atoms with Crippen molar-refractivity contribution in [1.29, 1.82) is 0 Å². The number of nitro groups is 1. The lowest BCUT2D eigenvalue weighted by Gasteiger charge is -2.14. The Morgan fingerprint density at radius 2 is 1.86 bits per heavy atom. The van der Waals surface area contributed by atoms with Crippen LogP contribution in [0.25, 0.3) is 6.08 Å². The van der Waals surface area contributed by atoms with Crippen LogP contribution in [0.4, 0.5) is 5.69 Å². The summed E-state index contributed by atoms with van der Waals surface area (Å²) < 4.78 is 5.91. The van der Waals surface area contributed by atoms with Gasteiger partial charge in [-0.3, -0.25) is 14.9 Å². The van der Waals surface area contributed by atoms with Gasteiger partial charge in [0.2, 0.25) is 0 Å². The first-order chi connectivity index (χ1) is 14.1. The van der Waals surface area contributed by atoms with Crippen molar-refractivity contribution in [3.8, 4) is 5.75 Å². The summed E-state index contributed by atoms with van der Waals surface area (Å²) in [5, 5.41) is 11.5. The van der Waals surface area contributed by atoms with Crippen molar-refractivity contribution in [2.45, 2.75) is 19.4 Å². The third-order valence-electron chi connectivity index (χ3n) is 4.73. The first-order valence-electron chi connectivity index (χ1n) is 9.33. The van der Waals surface area contributed by atoms with E-state index in [1.807, 2.05) is 30.3 Å². The minimum absolute atomic E-state index is 0.0458. The summed E-state index contributed by atoms with van der Waals surface area (Å²) in [6.07, 6.45) is 4.07. The first kappa shape index (κ1) is 19.2. The molecule has 0 saturated carbocycles. The maximum absolute atomic E-state index is 12.3. The first-order valence-corrected chi connectivity index (χ1v) is 10.1. The monoisotopic (exact) mass is 409 g/mol. The zero-order valence-electron chi connectivity index (χ0n) is 15.6. The number of ether oxygens (including phenoxy) is 1. The SMILES string of the molecule is O=C1N=C(N2CCCC2)SC1=Cc1ccccc1OCc1ccc([N+](=O)[O-])cc1. The summed E-state index contributed by atoms with van der Waals surface area (Å²) >= 11 is 1.41. The van der Waals surface area contributed by atoms with Crippen LogP contribution in [0.1, 0.15) is 24.0 Å². The van der Waals surface area contributed by atoms with E-state index in [0.717, 1.165) is 42.2 Å². The van der Waals surface area contributed by atoms with Gasteiger partial charge in [-0.2, -0.15) is 4.99 Å². The Bertz CT molecular complexity index is 995. The molecule has 0 N–H and O–H groups in total. The van der Waals surface area contributed by atoms with Crippen molar-refractivity contribution in [3.63, 3.8) is 0 Å².